The number of carbonyl (C=O) groups is 1. The third-order valence-electron chi connectivity index (χ3n) is 4.37. The van der Waals surface area contributed by atoms with Crippen molar-refractivity contribution in [3.05, 3.63) is 60.3 Å². The van der Waals surface area contributed by atoms with Crippen LogP contribution in [0.15, 0.2) is 54.6 Å². The van der Waals surface area contributed by atoms with Crippen LogP contribution < -0.4 is 10.6 Å². The second-order valence-corrected chi connectivity index (χ2v) is 6.01. The lowest BCUT2D eigenvalue weighted by Gasteiger charge is -2.09. The quantitative estimate of drug-likeness (QED) is 0.697. The Morgan fingerprint density at radius 1 is 1.04 bits per heavy atom. The van der Waals surface area contributed by atoms with E-state index in [2.05, 4.69) is 45.9 Å². The number of aromatic nitrogens is 1. The monoisotopic (exact) mass is 305 g/mol. The van der Waals surface area contributed by atoms with Gasteiger partial charge in [0.25, 0.3) is 5.91 Å². The van der Waals surface area contributed by atoms with E-state index >= 15 is 0 Å². The van der Waals surface area contributed by atoms with Crippen LogP contribution in [0.2, 0.25) is 0 Å². The van der Waals surface area contributed by atoms with Crippen molar-refractivity contribution in [3.63, 3.8) is 0 Å². The van der Waals surface area contributed by atoms with Crippen LogP contribution in [-0.4, -0.2) is 30.0 Å². The number of H-pyrrole nitrogens is 1. The highest BCUT2D eigenvalue weighted by Crippen LogP contribution is 2.24. The minimum absolute atomic E-state index is 0.0313. The van der Waals surface area contributed by atoms with Crippen molar-refractivity contribution < 1.29 is 4.79 Å². The number of amides is 1. The largest absolute Gasteiger partial charge is 0.351 e. The summed E-state index contributed by atoms with van der Waals surface area (Å²) in [5, 5.41) is 7.38. The van der Waals surface area contributed by atoms with Crippen LogP contribution in [0.4, 0.5) is 0 Å². The fourth-order valence-electron chi connectivity index (χ4n) is 3.10. The van der Waals surface area contributed by atoms with Crippen molar-refractivity contribution in [1.29, 1.82) is 0 Å². The second-order valence-electron chi connectivity index (χ2n) is 6.01. The maximum Gasteiger partial charge on any atom is 0.267 e. The van der Waals surface area contributed by atoms with Crippen LogP contribution in [0.25, 0.3) is 22.0 Å². The Bertz CT molecular complexity index is 832. The molecule has 3 N–H and O–H groups in total. The summed E-state index contributed by atoms with van der Waals surface area (Å²) in [7, 11) is 0. The predicted octanol–water partition coefficient (Wildman–Crippen LogP) is 2.93. The van der Waals surface area contributed by atoms with E-state index in [9.17, 15) is 4.79 Å². The summed E-state index contributed by atoms with van der Waals surface area (Å²) in [5.74, 6) is -0.0313. The minimum Gasteiger partial charge on any atom is -0.351 e. The van der Waals surface area contributed by atoms with Crippen LogP contribution >= 0.6 is 0 Å². The fraction of sp³-hybridized carbons (Fsp3) is 0.211. The van der Waals surface area contributed by atoms with Gasteiger partial charge in [0.2, 0.25) is 0 Å². The number of hydrogen-bond donors (Lipinski definition) is 3. The molecule has 1 aromatic heterocycles. The van der Waals surface area contributed by atoms with Gasteiger partial charge in [0.1, 0.15) is 5.69 Å². The molecule has 116 valence electrons. The van der Waals surface area contributed by atoms with Gasteiger partial charge < -0.3 is 15.6 Å². The first-order chi connectivity index (χ1) is 11.3. The van der Waals surface area contributed by atoms with Gasteiger partial charge in [-0.3, -0.25) is 4.79 Å². The zero-order valence-electron chi connectivity index (χ0n) is 12.8. The van der Waals surface area contributed by atoms with Gasteiger partial charge in [-0.15, -0.1) is 0 Å². The average molecular weight is 305 g/mol. The lowest BCUT2D eigenvalue weighted by atomic mass is 10.0. The maximum atomic E-state index is 12.4. The molecule has 0 aliphatic carbocycles. The summed E-state index contributed by atoms with van der Waals surface area (Å²) in [6.45, 7) is 1.82. The normalized spacial score (nSPS) is 17.5. The molecule has 4 heteroatoms. The molecule has 1 atom stereocenters. The zero-order chi connectivity index (χ0) is 15.6. The third-order valence-corrected chi connectivity index (χ3v) is 4.37. The van der Waals surface area contributed by atoms with Gasteiger partial charge in [-0.2, -0.15) is 0 Å². The van der Waals surface area contributed by atoms with E-state index in [0.29, 0.717) is 5.69 Å². The van der Waals surface area contributed by atoms with Gasteiger partial charge in [-0.25, -0.2) is 0 Å². The Labute approximate surface area is 134 Å². The molecule has 2 aromatic carbocycles. The third kappa shape index (κ3) is 2.85. The summed E-state index contributed by atoms with van der Waals surface area (Å²) >= 11 is 0. The van der Waals surface area contributed by atoms with Gasteiger partial charge >= 0.3 is 0 Å². The Kier molecular flexibility index (Phi) is 3.60. The molecule has 1 unspecified atom stereocenters. The first kappa shape index (κ1) is 14.0. The molecule has 1 aliphatic rings. The molecule has 2 heterocycles. The first-order valence-corrected chi connectivity index (χ1v) is 7.99. The van der Waals surface area contributed by atoms with E-state index in [1.165, 1.54) is 5.56 Å². The smallest absolute Gasteiger partial charge is 0.267 e. The number of aromatic amines is 1. The van der Waals surface area contributed by atoms with Gasteiger partial charge in [0.05, 0.1) is 0 Å². The van der Waals surface area contributed by atoms with E-state index in [1.54, 1.807) is 0 Å². The molecule has 1 saturated heterocycles. The fourth-order valence-corrected chi connectivity index (χ4v) is 3.10. The van der Waals surface area contributed by atoms with Gasteiger partial charge in [0, 0.05) is 23.5 Å². The molecule has 0 spiro atoms. The summed E-state index contributed by atoms with van der Waals surface area (Å²) < 4.78 is 0. The molecule has 0 bridgehead atoms. The highest BCUT2D eigenvalue weighted by atomic mass is 16.1. The van der Waals surface area contributed by atoms with Crippen LogP contribution in [0.1, 0.15) is 16.9 Å². The van der Waals surface area contributed by atoms with Crippen molar-refractivity contribution in [2.75, 3.05) is 13.1 Å². The summed E-state index contributed by atoms with van der Waals surface area (Å²) in [6, 6.07) is 18.6. The number of nitrogens with one attached hydrogen (secondary N) is 3. The molecule has 1 fully saturated rings. The van der Waals surface area contributed by atoms with Crippen LogP contribution in [0, 0.1) is 0 Å². The zero-order valence-corrected chi connectivity index (χ0v) is 12.8. The van der Waals surface area contributed by atoms with Crippen LogP contribution in [0.3, 0.4) is 0 Å². The van der Waals surface area contributed by atoms with Crippen molar-refractivity contribution in [1.82, 2.24) is 15.6 Å². The molecule has 1 aliphatic heterocycles. The minimum atomic E-state index is -0.0313. The van der Waals surface area contributed by atoms with Gasteiger partial charge in [-0.05, 0) is 36.2 Å². The Balaban J connectivity index is 1.61. The summed E-state index contributed by atoms with van der Waals surface area (Å²) in [6.07, 6.45) is 0.990. The van der Waals surface area contributed by atoms with Crippen molar-refractivity contribution in [3.8, 4) is 11.1 Å². The van der Waals surface area contributed by atoms with Gasteiger partial charge in [0.15, 0.2) is 0 Å². The molecule has 4 nitrogen and oxygen atoms in total. The topological polar surface area (TPSA) is 56.9 Å². The second kappa shape index (κ2) is 5.89. The molecular formula is C19H19N3O. The SMILES string of the molecule is O=C(NC1CCNC1)c1cc2ccc(-c3ccccc3)cc2[nH]1. The molecular weight excluding hydrogens is 286 g/mol. The van der Waals surface area contributed by atoms with Crippen LogP contribution in [0.5, 0.6) is 0 Å². The number of benzene rings is 2. The van der Waals surface area contributed by atoms with Crippen molar-refractivity contribution in [2.24, 2.45) is 0 Å². The molecule has 3 aromatic rings. The highest BCUT2D eigenvalue weighted by Gasteiger charge is 2.18. The van der Waals surface area contributed by atoms with E-state index < -0.39 is 0 Å². The summed E-state index contributed by atoms with van der Waals surface area (Å²) in [4.78, 5) is 15.6. The molecule has 1 amide bonds. The van der Waals surface area contributed by atoms with Crippen molar-refractivity contribution in [2.45, 2.75) is 12.5 Å². The number of hydrogen-bond acceptors (Lipinski definition) is 2. The maximum absolute atomic E-state index is 12.4. The summed E-state index contributed by atoms with van der Waals surface area (Å²) in [5.41, 5.74) is 3.93. The number of rotatable bonds is 3. The predicted molar refractivity (Wildman–Crippen MR) is 92.5 cm³/mol. The number of carbonyl (C=O) groups excluding carboxylic acids is 1. The Hall–Kier alpha value is -2.59. The lowest BCUT2D eigenvalue weighted by molar-refractivity contribution is 0.0936. The molecule has 23 heavy (non-hydrogen) atoms. The molecule has 0 saturated carbocycles. The van der Waals surface area contributed by atoms with E-state index in [0.717, 1.165) is 36.0 Å². The van der Waals surface area contributed by atoms with E-state index in [-0.39, 0.29) is 11.9 Å². The highest BCUT2D eigenvalue weighted by molar-refractivity contribution is 5.99. The van der Waals surface area contributed by atoms with Gasteiger partial charge in [-0.1, -0.05) is 42.5 Å². The van der Waals surface area contributed by atoms with E-state index in [4.69, 9.17) is 0 Å². The molecule has 0 radical (unpaired) electrons. The lowest BCUT2D eigenvalue weighted by Crippen LogP contribution is -2.36. The van der Waals surface area contributed by atoms with Crippen LogP contribution in [-0.2, 0) is 0 Å². The van der Waals surface area contributed by atoms with Crippen molar-refractivity contribution >= 4 is 16.8 Å². The first-order valence-electron chi connectivity index (χ1n) is 7.99. The molecule has 4 rings (SSSR count). The Morgan fingerprint density at radius 3 is 2.70 bits per heavy atom. The Morgan fingerprint density at radius 2 is 1.91 bits per heavy atom. The standard InChI is InChI=1S/C19H19N3O/c23-19(21-16-8-9-20-12-16)18-11-15-7-6-14(10-17(15)22-18)13-4-2-1-3-5-13/h1-7,10-11,16,20,22H,8-9,12H2,(H,21,23). The number of fused-ring (bicyclic) bond motifs is 1. The van der Waals surface area contributed by atoms with E-state index in [1.807, 2.05) is 24.3 Å². The average Bonchev–Trinajstić information content (AvgIpc) is 3.24.